The highest BCUT2D eigenvalue weighted by Crippen LogP contribution is 2.30. The first-order valence-corrected chi connectivity index (χ1v) is 10.3. The van der Waals surface area contributed by atoms with Gasteiger partial charge in [0.05, 0.1) is 6.54 Å². The monoisotopic (exact) mass is 378 g/mol. The van der Waals surface area contributed by atoms with Crippen molar-refractivity contribution in [1.29, 1.82) is 0 Å². The van der Waals surface area contributed by atoms with Crippen molar-refractivity contribution in [2.45, 2.75) is 43.7 Å². The van der Waals surface area contributed by atoms with Gasteiger partial charge in [-0.15, -0.1) is 10.2 Å². The van der Waals surface area contributed by atoms with E-state index >= 15 is 0 Å². The molecule has 1 fully saturated rings. The van der Waals surface area contributed by atoms with Crippen LogP contribution in [-0.4, -0.2) is 64.6 Å². The molecule has 0 aromatic carbocycles. The average Bonchev–Trinajstić information content (AvgIpc) is 3.04. The Morgan fingerprint density at radius 2 is 1.96 bits per heavy atom. The standard InChI is InChI=1S/C17H26N6O2S/c1-4-23-16(13-21(2)3)19-20-17(23)14-7-10-22(11-8-14)26(24,25)15-6-5-9-18-12-15/h5-6,9,12,14H,4,7-8,10-11,13H2,1-3H3. The normalized spacial score (nSPS) is 17.1. The third-order valence-corrected chi connectivity index (χ3v) is 6.60. The van der Waals surface area contributed by atoms with Crippen molar-refractivity contribution in [2.75, 3.05) is 27.2 Å². The van der Waals surface area contributed by atoms with Gasteiger partial charge in [-0.05, 0) is 46.0 Å². The topological polar surface area (TPSA) is 84.2 Å². The molecule has 8 nitrogen and oxygen atoms in total. The second kappa shape index (κ2) is 7.81. The van der Waals surface area contributed by atoms with Gasteiger partial charge in [-0.3, -0.25) is 4.98 Å². The van der Waals surface area contributed by atoms with E-state index in [9.17, 15) is 8.42 Å². The van der Waals surface area contributed by atoms with Crippen molar-refractivity contribution < 1.29 is 8.42 Å². The zero-order valence-electron chi connectivity index (χ0n) is 15.5. The summed E-state index contributed by atoms with van der Waals surface area (Å²) in [4.78, 5) is 6.25. The zero-order chi connectivity index (χ0) is 18.7. The number of rotatable bonds is 6. The van der Waals surface area contributed by atoms with E-state index in [4.69, 9.17) is 0 Å². The third-order valence-electron chi connectivity index (χ3n) is 4.72. The molecule has 3 heterocycles. The molecular weight excluding hydrogens is 352 g/mol. The van der Waals surface area contributed by atoms with Gasteiger partial charge in [0.2, 0.25) is 10.0 Å². The minimum atomic E-state index is -3.47. The molecule has 3 rings (SSSR count). The first-order valence-electron chi connectivity index (χ1n) is 8.90. The summed E-state index contributed by atoms with van der Waals surface area (Å²) in [7, 11) is 0.547. The van der Waals surface area contributed by atoms with Crippen LogP contribution in [-0.2, 0) is 23.1 Å². The number of sulfonamides is 1. The summed E-state index contributed by atoms with van der Waals surface area (Å²) in [6.07, 6.45) is 4.48. The van der Waals surface area contributed by atoms with E-state index in [-0.39, 0.29) is 10.8 Å². The first-order chi connectivity index (χ1) is 12.4. The second-order valence-electron chi connectivity index (χ2n) is 6.82. The van der Waals surface area contributed by atoms with Crippen LogP contribution in [0.25, 0.3) is 0 Å². The molecule has 1 aliphatic heterocycles. The van der Waals surface area contributed by atoms with Gasteiger partial charge in [0.15, 0.2) is 0 Å². The van der Waals surface area contributed by atoms with E-state index in [1.165, 1.54) is 6.20 Å². The van der Waals surface area contributed by atoms with Crippen LogP contribution in [0.2, 0.25) is 0 Å². The van der Waals surface area contributed by atoms with E-state index in [0.29, 0.717) is 13.1 Å². The van der Waals surface area contributed by atoms with Crippen LogP contribution in [0.4, 0.5) is 0 Å². The first kappa shape index (κ1) is 18.9. The largest absolute Gasteiger partial charge is 0.314 e. The van der Waals surface area contributed by atoms with Crippen molar-refractivity contribution in [2.24, 2.45) is 0 Å². The number of piperidine rings is 1. The molecule has 0 unspecified atom stereocenters. The summed E-state index contributed by atoms with van der Waals surface area (Å²) in [5.74, 6) is 2.17. The third kappa shape index (κ3) is 3.79. The molecule has 0 spiro atoms. The number of aromatic nitrogens is 4. The highest BCUT2D eigenvalue weighted by atomic mass is 32.2. The second-order valence-corrected chi connectivity index (χ2v) is 8.76. The Kier molecular flexibility index (Phi) is 5.69. The molecule has 0 aliphatic carbocycles. The highest BCUT2D eigenvalue weighted by Gasteiger charge is 2.32. The Balaban J connectivity index is 1.72. The smallest absolute Gasteiger partial charge is 0.244 e. The number of hydrogen-bond acceptors (Lipinski definition) is 6. The summed E-state index contributed by atoms with van der Waals surface area (Å²) in [6.45, 7) is 4.63. The molecule has 0 atom stereocenters. The van der Waals surface area contributed by atoms with Crippen molar-refractivity contribution in [3.05, 3.63) is 36.2 Å². The van der Waals surface area contributed by atoms with Gasteiger partial charge >= 0.3 is 0 Å². The molecule has 2 aromatic heterocycles. The van der Waals surface area contributed by atoms with Crippen LogP contribution in [0.3, 0.4) is 0 Å². The van der Waals surface area contributed by atoms with Gasteiger partial charge in [-0.25, -0.2) is 8.42 Å². The maximum absolute atomic E-state index is 12.7. The minimum absolute atomic E-state index is 0.235. The van der Waals surface area contributed by atoms with Gasteiger partial charge in [-0.2, -0.15) is 4.31 Å². The number of nitrogens with zero attached hydrogens (tertiary/aromatic N) is 6. The van der Waals surface area contributed by atoms with Crippen molar-refractivity contribution in [3.8, 4) is 0 Å². The Labute approximate surface area is 154 Å². The zero-order valence-corrected chi connectivity index (χ0v) is 16.4. The van der Waals surface area contributed by atoms with Gasteiger partial charge in [-0.1, -0.05) is 0 Å². The predicted molar refractivity (Wildman–Crippen MR) is 98.1 cm³/mol. The van der Waals surface area contributed by atoms with Crippen LogP contribution in [0.1, 0.15) is 37.3 Å². The quantitative estimate of drug-likeness (QED) is 0.754. The number of pyridine rings is 1. The lowest BCUT2D eigenvalue weighted by molar-refractivity contribution is 0.308. The lowest BCUT2D eigenvalue weighted by Crippen LogP contribution is -2.38. The maximum atomic E-state index is 12.7. The van der Waals surface area contributed by atoms with E-state index in [1.807, 2.05) is 14.1 Å². The molecule has 0 amide bonds. The molecule has 26 heavy (non-hydrogen) atoms. The summed E-state index contributed by atoms with van der Waals surface area (Å²) in [5.41, 5.74) is 0. The molecule has 142 valence electrons. The summed E-state index contributed by atoms with van der Waals surface area (Å²) in [5, 5.41) is 8.77. The lowest BCUT2D eigenvalue weighted by Gasteiger charge is -2.30. The Bertz CT molecular complexity index is 826. The Hall–Kier alpha value is -1.84. The molecule has 0 N–H and O–H groups in total. The van der Waals surface area contributed by atoms with Crippen molar-refractivity contribution in [1.82, 2.24) is 29.0 Å². The molecule has 1 aliphatic rings. The average molecular weight is 379 g/mol. The molecule has 1 saturated heterocycles. The fourth-order valence-electron chi connectivity index (χ4n) is 3.40. The fourth-order valence-corrected chi connectivity index (χ4v) is 4.83. The van der Waals surface area contributed by atoms with Crippen LogP contribution < -0.4 is 0 Å². The lowest BCUT2D eigenvalue weighted by atomic mass is 9.97. The van der Waals surface area contributed by atoms with E-state index in [2.05, 4.69) is 31.6 Å². The Morgan fingerprint density at radius 3 is 2.54 bits per heavy atom. The molecule has 0 saturated carbocycles. The Morgan fingerprint density at radius 1 is 1.23 bits per heavy atom. The molecular formula is C17H26N6O2S. The summed E-state index contributed by atoms with van der Waals surface area (Å²) < 4.78 is 29.2. The predicted octanol–water partition coefficient (Wildman–Crippen LogP) is 1.32. The van der Waals surface area contributed by atoms with E-state index in [0.717, 1.165) is 37.6 Å². The number of hydrogen-bond donors (Lipinski definition) is 0. The molecule has 0 radical (unpaired) electrons. The highest BCUT2D eigenvalue weighted by molar-refractivity contribution is 7.89. The SMILES string of the molecule is CCn1c(CN(C)C)nnc1C1CCN(S(=O)(=O)c2cccnc2)CC1. The van der Waals surface area contributed by atoms with Gasteiger partial charge in [0.25, 0.3) is 0 Å². The molecule has 9 heteroatoms. The van der Waals surface area contributed by atoms with Gasteiger partial charge < -0.3 is 9.47 Å². The van der Waals surface area contributed by atoms with Crippen LogP contribution in [0.15, 0.2) is 29.4 Å². The van der Waals surface area contributed by atoms with E-state index < -0.39 is 10.0 Å². The van der Waals surface area contributed by atoms with E-state index in [1.54, 1.807) is 22.6 Å². The minimum Gasteiger partial charge on any atom is -0.314 e. The van der Waals surface area contributed by atoms with Crippen LogP contribution in [0.5, 0.6) is 0 Å². The van der Waals surface area contributed by atoms with Crippen LogP contribution >= 0.6 is 0 Å². The van der Waals surface area contributed by atoms with Gasteiger partial charge in [0.1, 0.15) is 16.5 Å². The summed E-state index contributed by atoms with van der Waals surface area (Å²) >= 11 is 0. The van der Waals surface area contributed by atoms with Crippen molar-refractivity contribution in [3.63, 3.8) is 0 Å². The van der Waals surface area contributed by atoms with Crippen LogP contribution in [0, 0.1) is 0 Å². The van der Waals surface area contributed by atoms with Gasteiger partial charge in [0, 0.05) is 37.9 Å². The van der Waals surface area contributed by atoms with Crippen molar-refractivity contribution >= 4 is 10.0 Å². The maximum Gasteiger partial charge on any atom is 0.244 e. The molecule has 0 bridgehead atoms. The fraction of sp³-hybridized carbons (Fsp3) is 0.588. The molecule has 2 aromatic rings. The summed E-state index contributed by atoms with van der Waals surface area (Å²) in [6, 6.07) is 3.24.